The summed E-state index contributed by atoms with van der Waals surface area (Å²) in [5, 5.41) is -1.90. The van der Waals surface area contributed by atoms with Crippen LogP contribution in [-0.4, -0.2) is 23.9 Å². The average Bonchev–Trinajstić information content (AvgIpc) is 2.78. The van der Waals surface area contributed by atoms with Gasteiger partial charge in [0.05, 0.1) is 6.10 Å². The van der Waals surface area contributed by atoms with E-state index in [4.69, 9.17) is 11.6 Å². The molecule has 1 saturated carbocycles. The van der Waals surface area contributed by atoms with Crippen LogP contribution in [0, 0.1) is 0 Å². The highest BCUT2D eigenvalue weighted by molar-refractivity contribution is 6.31. The molecule has 2 aliphatic carbocycles. The summed E-state index contributed by atoms with van der Waals surface area (Å²) in [7, 11) is 0. The predicted octanol–water partition coefficient (Wildman–Crippen LogP) is 4.32. The molecule has 0 radical (unpaired) electrons. The van der Waals surface area contributed by atoms with E-state index < -0.39 is 34.7 Å². The minimum absolute atomic E-state index is 0.362. The molecule has 0 bridgehead atoms. The zero-order chi connectivity index (χ0) is 13.8. The molecule has 0 aromatic rings. The smallest absolute Gasteiger partial charge is 0.384 e. The molecule has 8 heteroatoms. The molecule has 104 valence electrons. The Morgan fingerprint density at radius 3 is 1.83 bits per heavy atom. The summed E-state index contributed by atoms with van der Waals surface area (Å²) < 4.78 is 83.2. The fourth-order valence-corrected chi connectivity index (χ4v) is 2.34. The van der Waals surface area contributed by atoms with Gasteiger partial charge in [-0.05, 0) is 25.7 Å². The Morgan fingerprint density at radius 1 is 0.944 bits per heavy atom. The van der Waals surface area contributed by atoms with Crippen LogP contribution in [0.1, 0.15) is 25.7 Å². The minimum Gasteiger partial charge on any atom is -0.487 e. The second-order valence-electron chi connectivity index (χ2n) is 4.39. The second kappa shape index (κ2) is 3.95. The highest BCUT2D eigenvalue weighted by Crippen LogP contribution is 2.60. The third kappa shape index (κ3) is 1.62. The van der Waals surface area contributed by atoms with Gasteiger partial charge in [0.25, 0.3) is 0 Å². The summed E-state index contributed by atoms with van der Waals surface area (Å²) in [5.74, 6) is -17.5. The average molecular weight is 295 g/mol. The van der Waals surface area contributed by atoms with E-state index in [0.717, 1.165) is 0 Å². The van der Waals surface area contributed by atoms with Crippen LogP contribution in [0.5, 0.6) is 0 Å². The Labute approximate surface area is 104 Å². The molecule has 18 heavy (non-hydrogen) atoms. The lowest BCUT2D eigenvalue weighted by Crippen LogP contribution is -2.49. The first-order valence-electron chi connectivity index (χ1n) is 5.33. The van der Waals surface area contributed by atoms with Crippen molar-refractivity contribution in [1.29, 1.82) is 0 Å². The third-order valence-electron chi connectivity index (χ3n) is 3.14. The third-order valence-corrected chi connectivity index (χ3v) is 3.54. The van der Waals surface area contributed by atoms with Gasteiger partial charge in [0.2, 0.25) is 0 Å². The van der Waals surface area contributed by atoms with Crippen LogP contribution in [0.25, 0.3) is 0 Å². The lowest BCUT2D eigenvalue weighted by molar-refractivity contribution is -0.271. The Kier molecular flexibility index (Phi) is 3.04. The van der Waals surface area contributed by atoms with Gasteiger partial charge >= 0.3 is 17.8 Å². The van der Waals surface area contributed by atoms with Crippen molar-refractivity contribution < 1.29 is 31.1 Å². The summed E-state index contributed by atoms with van der Waals surface area (Å²) in [4.78, 5) is 0. The Morgan fingerprint density at radius 2 is 1.44 bits per heavy atom. The SMILES string of the molecule is FC1(F)C(Cl)=C(OC2CCCC2)C(F)(F)C1(F)F. The number of alkyl halides is 6. The quantitative estimate of drug-likeness (QED) is 0.689. The summed E-state index contributed by atoms with van der Waals surface area (Å²) in [6, 6.07) is 0. The van der Waals surface area contributed by atoms with Crippen molar-refractivity contribution in [2.24, 2.45) is 0 Å². The minimum atomic E-state index is -5.56. The van der Waals surface area contributed by atoms with Crippen LogP contribution in [-0.2, 0) is 4.74 Å². The summed E-state index contributed by atoms with van der Waals surface area (Å²) in [5.41, 5.74) is 0. The molecule has 2 aliphatic rings. The van der Waals surface area contributed by atoms with E-state index in [2.05, 4.69) is 4.74 Å². The zero-order valence-electron chi connectivity index (χ0n) is 8.96. The predicted molar refractivity (Wildman–Crippen MR) is 51.1 cm³/mol. The van der Waals surface area contributed by atoms with Crippen molar-refractivity contribution in [2.45, 2.75) is 49.6 Å². The van der Waals surface area contributed by atoms with Crippen LogP contribution in [0.15, 0.2) is 10.8 Å². The normalized spacial score (nSPS) is 29.9. The second-order valence-corrected chi connectivity index (χ2v) is 4.77. The number of rotatable bonds is 2. The van der Waals surface area contributed by atoms with E-state index in [1.165, 1.54) is 0 Å². The molecule has 0 aliphatic heterocycles. The zero-order valence-corrected chi connectivity index (χ0v) is 9.72. The van der Waals surface area contributed by atoms with Crippen LogP contribution in [0.4, 0.5) is 26.3 Å². The van der Waals surface area contributed by atoms with Crippen molar-refractivity contribution in [2.75, 3.05) is 0 Å². The van der Waals surface area contributed by atoms with Crippen LogP contribution in [0.3, 0.4) is 0 Å². The van der Waals surface area contributed by atoms with Gasteiger partial charge in [0.1, 0.15) is 5.03 Å². The van der Waals surface area contributed by atoms with Crippen molar-refractivity contribution in [3.8, 4) is 0 Å². The van der Waals surface area contributed by atoms with Gasteiger partial charge < -0.3 is 4.74 Å². The van der Waals surface area contributed by atoms with Crippen LogP contribution in [0.2, 0.25) is 0 Å². The highest BCUT2D eigenvalue weighted by atomic mass is 35.5. The first-order valence-corrected chi connectivity index (χ1v) is 5.71. The number of allylic oxidation sites excluding steroid dienone is 2. The Balaban J connectivity index is 2.34. The molecule has 2 rings (SSSR count). The van der Waals surface area contributed by atoms with E-state index in [1.54, 1.807) is 0 Å². The first-order chi connectivity index (χ1) is 8.12. The molecule has 0 N–H and O–H groups in total. The molecule has 0 unspecified atom stereocenters. The number of halogens is 7. The summed E-state index contributed by atoms with van der Waals surface area (Å²) in [6.45, 7) is 0. The topological polar surface area (TPSA) is 9.23 Å². The monoisotopic (exact) mass is 294 g/mol. The maximum Gasteiger partial charge on any atom is 0.384 e. The lowest BCUT2D eigenvalue weighted by Gasteiger charge is -2.25. The molecule has 1 fully saturated rings. The molecule has 0 aromatic heterocycles. The largest absolute Gasteiger partial charge is 0.487 e. The fourth-order valence-electron chi connectivity index (χ4n) is 2.06. The first kappa shape index (κ1) is 13.8. The van der Waals surface area contributed by atoms with E-state index >= 15 is 0 Å². The summed E-state index contributed by atoms with van der Waals surface area (Å²) in [6.07, 6.45) is 1.31. The molecule has 0 atom stereocenters. The van der Waals surface area contributed by atoms with Gasteiger partial charge in [-0.2, -0.15) is 26.3 Å². The van der Waals surface area contributed by atoms with Crippen molar-refractivity contribution >= 4 is 11.6 Å². The van der Waals surface area contributed by atoms with Crippen molar-refractivity contribution in [1.82, 2.24) is 0 Å². The molecule has 1 nitrogen and oxygen atoms in total. The molecule has 0 amide bonds. The van der Waals surface area contributed by atoms with Gasteiger partial charge in [-0.3, -0.25) is 0 Å². The highest BCUT2D eigenvalue weighted by Gasteiger charge is 2.81. The van der Waals surface area contributed by atoms with E-state index in [-0.39, 0.29) is 0 Å². The van der Waals surface area contributed by atoms with Gasteiger partial charge in [-0.25, -0.2) is 0 Å². The number of hydrogen-bond donors (Lipinski definition) is 0. The Hall–Kier alpha value is -0.590. The number of hydrogen-bond acceptors (Lipinski definition) is 1. The van der Waals surface area contributed by atoms with Gasteiger partial charge in [-0.1, -0.05) is 11.6 Å². The summed E-state index contributed by atoms with van der Waals surface area (Å²) >= 11 is 4.96. The molecule has 0 saturated heterocycles. The fraction of sp³-hybridized carbons (Fsp3) is 0.800. The molecular weight excluding hydrogens is 286 g/mol. The van der Waals surface area contributed by atoms with E-state index in [0.29, 0.717) is 25.7 Å². The van der Waals surface area contributed by atoms with Gasteiger partial charge in [0, 0.05) is 0 Å². The standard InChI is InChI=1S/C10H9ClF6O/c11-6-7(18-5-3-1-2-4-5)9(14,15)10(16,17)8(6,12)13/h5H,1-4H2. The van der Waals surface area contributed by atoms with Crippen LogP contribution < -0.4 is 0 Å². The molecular formula is C10H9ClF6O. The Bertz CT molecular complexity index is 386. The van der Waals surface area contributed by atoms with E-state index in [1.807, 2.05) is 0 Å². The maximum atomic E-state index is 13.3. The van der Waals surface area contributed by atoms with Crippen LogP contribution >= 0.6 is 11.6 Å². The molecule has 0 aromatic carbocycles. The van der Waals surface area contributed by atoms with E-state index in [9.17, 15) is 26.3 Å². The van der Waals surface area contributed by atoms with Gasteiger partial charge in [0.15, 0.2) is 5.76 Å². The molecule has 0 heterocycles. The molecule has 0 spiro atoms. The number of ether oxygens (including phenoxy) is 1. The maximum absolute atomic E-state index is 13.3. The van der Waals surface area contributed by atoms with Gasteiger partial charge in [-0.15, -0.1) is 0 Å². The van der Waals surface area contributed by atoms with Crippen molar-refractivity contribution in [3.63, 3.8) is 0 Å². The lowest BCUT2D eigenvalue weighted by atomic mass is 10.1. The van der Waals surface area contributed by atoms with Crippen molar-refractivity contribution in [3.05, 3.63) is 10.8 Å².